The monoisotopic (exact) mass is 451 g/mol. The molecule has 166 valence electrons. The molecule has 5 rings (SSSR count). The molecule has 0 radical (unpaired) electrons. The Morgan fingerprint density at radius 2 is 2.03 bits per heavy atom. The number of fused-ring (bicyclic) bond motifs is 2. The fourth-order valence-electron chi connectivity index (χ4n) is 3.92. The maximum Gasteiger partial charge on any atom is 0.295 e. The molecule has 1 saturated heterocycles. The number of aromatic nitrogens is 1. The van der Waals surface area contributed by atoms with Crippen LogP contribution < -0.4 is 9.64 Å². The number of carbonyl (C=O) groups excluding carboxylic acids is 1. The van der Waals surface area contributed by atoms with Crippen LogP contribution in [0.25, 0.3) is 21.2 Å². The van der Waals surface area contributed by atoms with E-state index in [2.05, 4.69) is 4.90 Å². The Morgan fingerprint density at radius 3 is 2.84 bits per heavy atom. The van der Waals surface area contributed by atoms with Crippen LogP contribution in [0.3, 0.4) is 0 Å². The molecular formula is C24H25N3O4S. The summed E-state index contributed by atoms with van der Waals surface area (Å²) in [6.45, 7) is 4.86. The number of morpholine rings is 1. The van der Waals surface area contributed by atoms with Gasteiger partial charge in [-0.05, 0) is 30.7 Å². The number of amides is 1. The van der Waals surface area contributed by atoms with Crippen LogP contribution in [0.1, 0.15) is 17.0 Å². The standard InChI is InChI=1S/C24H25N3O4S/c1-29-18-7-8-22-19(16-18)25-24(32-22)27(10-4-9-26-11-13-30-14-12-26)23(28)21-15-17-5-2-3-6-20(17)31-21/h2-3,5-8,15-16H,4,9-14H2,1H3. The Kier molecular flexibility index (Phi) is 6.07. The quantitative estimate of drug-likeness (QED) is 0.414. The molecule has 0 bridgehead atoms. The summed E-state index contributed by atoms with van der Waals surface area (Å²) in [5.74, 6) is 0.903. The number of benzene rings is 2. The van der Waals surface area contributed by atoms with Crippen molar-refractivity contribution in [3.8, 4) is 5.75 Å². The summed E-state index contributed by atoms with van der Waals surface area (Å²) in [5, 5.41) is 1.58. The molecule has 1 amide bonds. The average Bonchev–Trinajstić information content (AvgIpc) is 3.45. The van der Waals surface area contributed by atoms with Crippen LogP contribution in [0.15, 0.2) is 52.9 Å². The number of methoxy groups -OCH3 is 1. The van der Waals surface area contributed by atoms with Gasteiger partial charge in [0, 0.05) is 37.6 Å². The smallest absolute Gasteiger partial charge is 0.295 e. The molecule has 0 aliphatic carbocycles. The molecule has 1 fully saturated rings. The van der Waals surface area contributed by atoms with Crippen molar-refractivity contribution < 1.29 is 18.7 Å². The predicted molar refractivity (Wildman–Crippen MR) is 126 cm³/mol. The molecule has 4 aromatic rings. The minimum atomic E-state index is -0.172. The number of hydrogen-bond donors (Lipinski definition) is 0. The zero-order valence-corrected chi connectivity index (χ0v) is 18.8. The molecule has 0 unspecified atom stereocenters. The second kappa shape index (κ2) is 9.28. The molecule has 2 aromatic heterocycles. The Balaban J connectivity index is 1.42. The molecule has 0 atom stereocenters. The molecule has 0 N–H and O–H groups in total. The first-order chi connectivity index (χ1) is 15.7. The van der Waals surface area contributed by atoms with Gasteiger partial charge in [0.25, 0.3) is 5.91 Å². The zero-order chi connectivity index (χ0) is 21.9. The number of nitrogens with zero attached hydrogens (tertiary/aromatic N) is 3. The summed E-state index contributed by atoms with van der Waals surface area (Å²) >= 11 is 1.50. The van der Waals surface area contributed by atoms with Gasteiger partial charge in [0.15, 0.2) is 10.9 Å². The number of ether oxygens (including phenoxy) is 2. The van der Waals surface area contributed by atoms with Crippen LogP contribution >= 0.6 is 11.3 Å². The van der Waals surface area contributed by atoms with Crippen molar-refractivity contribution in [2.75, 3.05) is 51.4 Å². The topological polar surface area (TPSA) is 68.0 Å². The molecule has 1 aliphatic rings. The van der Waals surface area contributed by atoms with E-state index in [1.54, 1.807) is 12.0 Å². The lowest BCUT2D eigenvalue weighted by Crippen LogP contribution is -2.39. The minimum Gasteiger partial charge on any atom is -0.497 e. The number of para-hydroxylation sites is 1. The largest absolute Gasteiger partial charge is 0.497 e. The SMILES string of the molecule is COc1ccc2sc(N(CCCN3CCOCC3)C(=O)c3cc4ccccc4o3)nc2c1. The molecule has 1 aliphatic heterocycles. The van der Waals surface area contributed by atoms with Crippen LogP contribution in [-0.2, 0) is 4.74 Å². The van der Waals surface area contributed by atoms with E-state index in [0.29, 0.717) is 23.0 Å². The molecule has 2 aromatic carbocycles. The van der Waals surface area contributed by atoms with Gasteiger partial charge in [-0.15, -0.1) is 0 Å². The zero-order valence-electron chi connectivity index (χ0n) is 18.0. The van der Waals surface area contributed by atoms with Crippen molar-refractivity contribution in [3.05, 3.63) is 54.3 Å². The highest BCUT2D eigenvalue weighted by Gasteiger charge is 2.25. The highest BCUT2D eigenvalue weighted by molar-refractivity contribution is 7.22. The molecule has 0 spiro atoms. The molecule has 32 heavy (non-hydrogen) atoms. The van der Waals surface area contributed by atoms with Crippen LogP contribution in [0.4, 0.5) is 5.13 Å². The van der Waals surface area contributed by atoms with Gasteiger partial charge in [-0.25, -0.2) is 4.98 Å². The van der Waals surface area contributed by atoms with Gasteiger partial charge in [0.2, 0.25) is 0 Å². The highest BCUT2D eigenvalue weighted by Crippen LogP contribution is 2.32. The molecular weight excluding hydrogens is 426 g/mol. The van der Waals surface area contributed by atoms with E-state index in [1.165, 1.54) is 11.3 Å². The third-order valence-electron chi connectivity index (χ3n) is 5.66. The Morgan fingerprint density at radius 1 is 1.19 bits per heavy atom. The normalized spacial score (nSPS) is 14.8. The van der Waals surface area contributed by atoms with Crippen LogP contribution in [0, 0.1) is 0 Å². The van der Waals surface area contributed by atoms with Crippen molar-refractivity contribution in [2.24, 2.45) is 0 Å². The predicted octanol–water partition coefficient (Wildman–Crippen LogP) is 4.42. The molecule has 3 heterocycles. The third-order valence-corrected chi connectivity index (χ3v) is 6.71. The van der Waals surface area contributed by atoms with Gasteiger partial charge in [-0.2, -0.15) is 0 Å². The minimum absolute atomic E-state index is 0.172. The number of furan rings is 1. The second-order valence-corrected chi connectivity index (χ2v) is 8.75. The van der Waals surface area contributed by atoms with Crippen LogP contribution in [-0.4, -0.2) is 62.3 Å². The second-order valence-electron chi connectivity index (χ2n) is 7.74. The third kappa shape index (κ3) is 4.34. The summed E-state index contributed by atoms with van der Waals surface area (Å²) < 4.78 is 17.7. The lowest BCUT2D eigenvalue weighted by molar-refractivity contribution is 0.0376. The first-order valence-corrected chi connectivity index (χ1v) is 11.6. The number of anilines is 1. The van der Waals surface area contributed by atoms with Crippen molar-refractivity contribution in [1.29, 1.82) is 0 Å². The van der Waals surface area contributed by atoms with Crippen molar-refractivity contribution in [1.82, 2.24) is 9.88 Å². The summed E-state index contributed by atoms with van der Waals surface area (Å²) in [5.41, 5.74) is 1.53. The van der Waals surface area contributed by atoms with Crippen molar-refractivity contribution in [2.45, 2.75) is 6.42 Å². The Hall–Kier alpha value is -2.94. The summed E-state index contributed by atoms with van der Waals surface area (Å²) in [7, 11) is 1.64. The van der Waals surface area contributed by atoms with Gasteiger partial charge in [0.05, 0.1) is 30.5 Å². The average molecular weight is 452 g/mol. The van der Waals surface area contributed by atoms with Gasteiger partial charge in [0.1, 0.15) is 11.3 Å². The van der Waals surface area contributed by atoms with E-state index in [1.807, 2.05) is 48.5 Å². The first kappa shape index (κ1) is 20.9. The van der Waals surface area contributed by atoms with Gasteiger partial charge < -0.3 is 13.9 Å². The van der Waals surface area contributed by atoms with Crippen LogP contribution in [0.2, 0.25) is 0 Å². The van der Waals surface area contributed by atoms with Gasteiger partial charge in [-0.3, -0.25) is 14.6 Å². The van der Waals surface area contributed by atoms with E-state index >= 15 is 0 Å². The van der Waals surface area contributed by atoms with Gasteiger partial charge >= 0.3 is 0 Å². The van der Waals surface area contributed by atoms with E-state index < -0.39 is 0 Å². The highest BCUT2D eigenvalue weighted by atomic mass is 32.1. The van der Waals surface area contributed by atoms with E-state index in [4.69, 9.17) is 18.9 Å². The first-order valence-electron chi connectivity index (χ1n) is 10.8. The Bertz CT molecular complexity index is 1200. The summed E-state index contributed by atoms with van der Waals surface area (Å²) in [4.78, 5) is 22.4. The fourth-order valence-corrected chi connectivity index (χ4v) is 4.89. The lowest BCUT2D eigenvalue weighted by Gasteiger charge is -2.27. The molecule has 7 nitrogen and oxygen atoms in total. The molecule has 8 heteroatoms. The number of hydrogen-bond acceptors (Lipinski definition) is 7. The lowest BCUT2D eigenvalue weighted by atomic mass is 10.2. The van der Waals surface area contributed by atoms with Crippen LogP contribution in [0.5, 0.6) is 5.75 Å². The molecule has 0 saturated carbocycles. The number of rotatable bonds is 7. The van der Waals surface area contributed by atoms with Crippen molar-refractivity contribution in [3.63, 3.8) is 0 Å². The maximum atomic E-state index is 13.5. The number of thiazole rings is 1. The summed E-state index contributed by atoms with van der Waals surface area (Å²) in [6, 6.07) is 15.3. The number of carbonyl (C=O) groups is 1. The summed E-state index contributed by atoms with van der Waals surface area (Å²) in [6.07, 6.45) is 0.839. The van der Waals surface area contributed by atoms with E-state index in [0.717, 1.165) is 60.6 Å². The maximum absolute atomic E-state index is 13.5. The van der Waals surface area contributed by atoms with Crippen molar-refractivity contribution >= 4 is 43.6 Å². The Labute approximate surface area is 190 Å². The fraction of sp³-hybridized carbons (Fsp3) is 0.333. The van der Waals surface area contributed by atoms with Gasteiger partial charge in [-0.1, -0.05) is 29.5 Å². The van der Waals surface area contributed by atoms with E-state index in [-0.39, 0.29) is 5.91 Å². The van der Waals surface area contributed by atoms with E-state index in [9.17, 15) is 4.79 Å².